The molecule has 0 amide bonds. The number of hydrogen-bond acceptors (Lipinski definition) is 6. The van der Waals surface area contributed by atoms with Gasteiger partial charge in [-0.1, -0.05) is 16.8 Å². The summed E-state index contributed by atoms with van der Waals surface area (Å²) >= 11 is 6.83. The second-order valence-corrected chi connectivity index (χ2v) is 3.57. The quantitative estimate of drug-likeness (QED) is 0.875. The predicted octanol–water partition coefficient (Wildman–Crippen LogP) is 2.10. The summed E-state index contributed by atoms with van der Waals surface area (Å²) in [4.78, 5) is 0. The lowest BCUT2D eigenvalue weighted by Gasteiger charge is -1.99. The van der Waals surface area contributed by atoms with Crippen LogP contribution in [0.3, 0.4) is 0 Å². The number of halogens is 1. The van der Waals surface area contributed by atoms with Gasteiger partial charge in [0.2, 0.25) is 0 Å². The molecule has 0 aromatic carbocycles. The molecular weight excluding hydrogens is 224 g/mol. The smallest absolute Gasteiger partial charge is 0.186 e. The van der Waals surface area contributed by atoms with Gasteiger partial charge < -0.3 is 9.84 Å². The summed E-state index contributed by atoms with van der Waals surface area (Å²) in [6.07, 6.45) is 1.59. The summed E-state index contributed by atoms with van der Waals surface area (Å²) in [5.74, 6) is 0.595. The Balaban J connectivity index is 2.02. The van der Waals surface area contributed by atoms with Gasteiger partial charge in [0.15, 0.2) is 11.0 Å². The van der Waals surface area contributed by atoms with E-state index in [2.05, 4.69) is 19.2 Å². The lowest BCUT2D eigenvalue weighted by atomic mass is 10.3. The Kier molecular flexibility index (Phi) is 2.64. The SMILES string of the molecule is Cc1nocc1CNc1nsnc1Cl. The fraction of sp³-hybridized carbons (Fsp3) is 0.286. The molecule has 0 radical (unpaired) electrons. The fourth-order valence-corrected chi connectivity index (χ4v) is 1.63. The van der Waals surface area contributed by atoms with Gasteiger partial charge in [-0.05, 0) is 6.92 Å². The van der Waals surface area contributed by atoms with Gasteiger partial charge in [0.1, 0.15) is 6.26 Å². The fourth-order valence-electron chi connectivity index (χ4n) is 0.945. The second-order valence-electron chi connectivity index (χ2n) is 2.68. The first kappa shape index (κ1) is 9.42. The summed E-state index contributed by atoms with van der Waals surface area (Å²) in [7, 11) is 0. The monoisotopic (exact) mass is 230 g/mol. The minimum absolute atomic E-state index is 0.393. The van der Waals surface area contributed by atoms with Gasteiger partial charge in [-0.3, -0.25) is 0 Å². The molecule has 0 saturated carbocycles. The second kappa shape index (κ2) is 3.93. The van der Waals surface area contributed by atoms with Crippen molar-refractivity contribution in [2.45, 2.75) is 13.5 Å². The van der Waals surface area contributed by atoms with E-state index in [-0.39, 0.29) is 0 Å². The molecule has 2 heterocycles. The maximum Gasteiger partial charge on any atom is 0.186 e. The van der Waals surface area contributed by atoms with E-state index in [1.807, 2.05) is 6.92 Å². The Bertz CT molecular complexity index is 387. The average molecular weight is 231 g/mol. The molecule has 0 fully saturated rings. The third-order valence-electron chi connectivity index (χ3n) is 1.74. The first-order valence-electron chi connectivity index (χ1n) is 3.89. The van der Waals surface area contributed by atoms with Crippen molar-refractivity contribution in [1.82, 2.24) is 13.9 Å². The van der Waals surface area contributed by atoms with E-state index in [1.165, 1.54) is 0 Å². The van der Waals surface area contributed by atoms with Crippen LogP contribution in [0.15, 0.2) is 10.8 Å². The minimum Gasteiger partial charge on any atom is -0.364 e. The molecular formula is C7H7ClN4OS. The first-order chi connectivity index (χ1) is 6.77. The number of anilines is 1. The van der Waals surface area contributed by atoms with Crippen molar-refractivity contribution in [3.8, 4) is 0 Å². The highest BCUT2D eigenvalue weighted by Crippen LogP contribution is 2.18. The maximum atomic E-state index is 5.75. The van der Waals surface area contributed by atoms with Crippen LogP contribution in [-0.4, -0.2) is 13.9 Å². The van der Waals surface area contributed by atoms with E-state index in [4.69, 9.17) is 16.1 Å². The average Bonchev–Trinajstić information content (AvgIpc) is 2.72. The van der Waals surface area contributed by atoms with E-state index in [0.29, 0.717) is 17.5 Å². The van der Waals surface area contributed by atoms with Crippen LogP contribution in [0.4, 0.5) is 5.82 Å². The minimum atomic E-state index is 0.393. The zero-order valence-electron chi connectivity index (χ0n) is 7.32. The normalized spacial score (nSPS) is 10.4. The molecule has 1 N–H and O–H groups in total. The van der Waals surface area contributed by atoms with E-state index in [9.17, 15) is 0 Å². The summed E-state index contributed by atoms with van der Waals surface area (Å²) in [6, 6.07) is 0. The van der Waals surface area contributed by atoms with Gasteiger partial charge >= 0.3 is 0 Å². The number of aromatic nitrogens is 3. The van der Waals surface area contributed by atoms with Crippen molar-refractivity contribution >= 4 is 29.1 Å². The number of aryl methyl sites for hydroxylation is 1. The molecule has 0 saturated heterocycles. The molecule has 2 aromatic rings. The van der Waals surface area contributed by atoms with Gasteiger partial charge in [-0.25, -0.2) is 0 Å². The number of hydrogen-bond donors (Lipinski definition) is 1. The molecule has 2 rings (SSSR count). The Morgan fingerprint density at radius 2 is 2.43 bits per heavy atom. The van der Waals surface area contributed by atoms with Gasteiger partial charge in [0, 0.05) is 12.1 Å². The Labute approximate surface area is 89.4 Å². The number of nitrogens with one attached hydrogen (secondary N) is 1. The maximum absolute atomic E-state index is 5.75. The molecule has 0 aliphatic carbocycles. The molecule has 74 valence electrons. The van der Waals surface area contributed by atoms with Gasteiger partial charge in [0.05, 0.1) is 17.4 Å². The standard InChI is InChI=1S/C7H7ClN4OS/c1-4-5(3-13-10-4)2-9-7-6(8)11-14-12-7/h3H,2H2,1H3,(H,9,12). The van der Waals surface area contributed by atoms with Crippen molar-refractivity contribution in [1.29, 1.82) is 0 Å². The Hall–Kier alpha value is -1.14. The van der Waals surface area contributed by atoms with Gasteiger partial charge in [0.25, 0.3) is 0 Å². The van der Waals surface area contributed by atoms with Crippen LogP contribution >= 0.6 is 23.3 Å². The van der Waals surface area contributed by atoms with E-state index >= 15 is 0 Å². The summed E-state index contributed by atoms with van der Waals surface area (Å²) in [5.41, 5.74) is 1.84. The van der Waals surface area contributed by atoms with Crippen LogP contribution in [0.5, 0.6) is 0 Å². The zero-order valence-corrected chi connectivity index (χ0v) is 8.89. The number of rotatable bonds is 3. The number of nitrogens with zero attached hydrogens (tertiary/aromatic N) is 3. The molecule has 0 aliphatic rings. The molecule has 0 unspecified atom stereocenters. The van der Waals surface area contributed by atoms with E-state index in [1.54, 1.807) is 6.26 Å². The third kappa shape index (κ3) is 1.85. The largest absolute Gasteiger partial charge is 0.364 e. The summed E-state index contributed by atoms with van der Waals surface area (Å²) in [5, 5.41) is 7.19. The highest BCUT2D eigenvalue weighted by molar-refractivity contribution is 6.99. The third-order valence-corrected chi connectivity index (χ3v) is 2.64. The van der Waals surface area contributed by atoms with Crippen LogP contribution in [0.2, 0.25) is 5.15 Å². The zero-order chi connectivity index (χ0) is 9.97. The molecule has 5 nitrogen and oxygen atoms in total. The molecule has 7 heteroatoms. The van der Waals surface area contributed by atoms with Crippen LogP contribution in [0, 0.1) is 6.92 Å². The molecule has 0 atom stereocenters. The van der Waals surface area contributed by atoms with Gasteiger partial charge in [-0.2, -0.15) is 8.75 Å². The van der Waals surface area contributed by atoms with Crippen molar-refractivity contribution in [3.05, 3.63) is 22.7 Å². The molecule has 0 aliphatic heterocycles. The van der Waals surface area contributed by atoms with Crippen LogP contribution in [0.1, 0.15) is 11.3 Å². The topological polar surface area (TPSA) is 63.8 Å². The Morgan fingerprint density at radius 3 is 3.00 bits per heavy atom. The first-order valence-corrected chi connectivity index (χ1v) is 5.00. The van der Waals surface area contributed by atoms with E-state index in [0.717, 1.165) is 23.0 Å². The molecule has 14 heavy (non-hydrogen) atoms. The van der Waals surface area contributed by atoms with Crippen LogP contribution in [0.25, 0.3) is 0 Å². The summed E-state index contributed by atoms with van der Waals surface area (Å²) < 4.78 is 12.6. The Morgan fingerprint density at radius 1 is 1.57 bits per heavy atom. The van der Waals surface area contributed by atoms with Crippen molar-refractivity contribution in [2.75, 3.05) is 5.32 Å². The molecule has 2 aromatic heterocycles. The highest BCUT2D eigenvalue weighted by atomic mass is 35.5. The van der Waals surface area contributed by atoms with Crippen LogP contribution in [-0.2, 0) is 6.54 Å². The van der Waals surface area contributed by atoms with Crippen LogP contribution < -0.4 is 5.32 Å². The van der Waals surface area contributed by atoms with Crippen molar-refractivity contribution < 1.29 is 4.52 Å². The van der Waals surface area contributed by atoms with Gasteiger partial charge in [-0.15, -0.1) is 0 Å². The lowest BCUT2D eigenvalue weighted by molar-refractivity contribution is 0.414. The summed E-state index contributed by atoms with van der Waals surface area (Å²) in [6.45, 7) is 2.46. The molecule has 0 bridgehead atoms. The molecule has 0 spiro atoms. The highest BCUT2D eigenvalue weighted by Gasteiger charge is 2.06. The van der Waals surface area contributed by atoms with E-state index < -0.39 is 0 Å². The van der Waals surface area contributed by atoms with Crippen molar-refractivity contribution in [2.24, 2.45) is 0 Å². The lowest BCUT2D eigenvalue weighted by Crippen LogP contribution is -2.00. The predicted molar refractivity (Wildman–Crippen MR) is 53.5 cm³/mol. The van der Waals surface area contributed by atoms with Crippen molar-refractivity contribution in [3.63, 3.8) is 0 Å².